The van der Waals surface area contributed by atoms with Crippen LogP contribution in [0.4, 0.5) is 0 Å². The van der Waals surface area contributed by atoms with Crippen molar-refractivity contribution in [2.45, 2.75) is 19.8 Å². The van der Waals surface area contributed by atoms with Gasteiger partial charge in [0.2, 0.25) is 11.8 Å². The largest absolute Gasteiger partial charge is 0.481 e. The summed E-state index contributed by atoms with van der Waals surface area (Å²) >= 11 is 0. The first-order chi connectivity index (χ1) is 9.00. The highest BCUT2D eigenvalue weighted by Gasteiger charge is 2.21. The van der Waals surface area contributed by atoms with Gasteiger partial charge in [-0.2, -0.15) is 0 Å². The van der Waals surface area contributed by atoms with Crippen molar-refractivity contribution in [1.82, 2.24) is 15.1 Å². The summed E-state index contributed by atoms with van der Waals surface area (Å²) in [7, 11) is 0. The van der Waals surface area contributed by atoms with Gasteiger partial charge in [-0.15, -0.1) is 0 Å². The number of carbonyl (C=O) groups is 3. The van der Waals surface area contributed by atoms with Crippen LogP contribution < -0.4 is 5.32 Å². The van der Waals surface area contributed by atoms with Crippen molar-refractivity contribution in [2.75, 3.05) is 39.3 Å². The molecule has 108 valence electrons. The normalized spacial score (nSPS) is 15.4. The molecule has 1 aliphatic rings. The van der Waals surface area contributed by atoms with Crippen molar-refractivity contribution in [3.63, 3.8) is 0 Å². The molecule has 0 aromatic carbocycles. The number of carboxylic acids is 1. The highest BCUT2D eigenvalue weighted by molar-refractivity contribution is 5.79. The molecular formula is C12H21N3O4. The fourth-order valence-corrected chi connectivity index (χ4v) is 1.94. The molecular weight excluding hydrogens is 250 g/mol. The van der Waals surface area contributed by atoms with E-state index < -0.39 is 5.97 Å². The van der Waals surface area contributed by atoms with Crippen LogP contribution in [-0.4, -0.2) is 72.0 Å². The van der Waals surface area contributed by atoms with Crippen molar-refractivity contribution in [2.24, 2.45) is 0 Å². The van der Waals surface area contributed by atoms with Gasteiger partial charge >= 0.3 is 5.97 Å². The average molecular weight is 271 g/mol. The van der Waals surface area contributed by atoms with Gasteiger partial charge < -0.3 is 20.2 Å². The van der Waals surface area contributed by atoms with Crippen molar-refractivity contribution >= 4 is 17.8 Å². The second-order valence-corrected chi connectivity index (χ2v) is 4.56. The number of aliphatic carboxylic acids is 1. The average Bonchev–Trinajstić information content (AvgIpc) is 2.37. The third kappa shape index (κ3) is 5.69. The third-order valence-electron chi connectivity index (χ3n) is 3.10. The molecule has 0 bridgehead atoms. The Balaban J connectivity index is 2.14. The van der Waals surface area contributed by atoms with E-state index in [1.807, 2.05) is 0 Å². The Labute approximate surface area is 112 Å². The first-order valence-electron chi connectivity index (χ1n) is 6.46. The van der Waals surface area contributed by atoms with Crippen LogP contribution in [0.5, 0.6) is 0 Å². The van der Waals surface area contributed by atoms with Crippen LogP contribution >= 0.6 is 0 Å². The second-order valence-electron chi connectivity index (χ2n) is 4.56. The Bertz CT molecular complexity index is 338. The zero-order chi connectivity index (χ0) is 14.3. The molecule has 0 aromatic rings. The van der Waals surface area contributed by atoms with E-state index >= 15 is 0 Å². The molecule has 1 aliphatic heterocycles. The molecule has 0 aliphatic carbocycles. The molecule has 0 spiro atoms. The summed E-state index contributed by atoms with van der Waals surface area (Å²) in [6.45, 7) is 4.57. The van der Waals surface area contributed by atoms with E-state index in [0.29, 0.717) is 39.1 Å². The fraction of sp³-hybridized carbons (Fsp3) is 0.750. The number of nitrogens with one attached hydrogen (secondary N) is 1. The molecule has 1 heterocycles. The van der Waals surface area contributed by atoms with Gasteiger partial charge in [-0.3, -0.25) is 14.4 Å². The molecule has 0 radical (unpaired) electrons. The Morgan fingerprint density at radius 1 is 1.11 bits per heavy atom. The van der Waals surface area contributed by atoms with Gasteiger partial charge in [0.15, 0.2) is 0 Å². The highest BCUT2D eigenvalue weighted by atomic mass is 16.4. The van der Waals surface area contributed by atoms with Crippen LogP contribution in [0.3, 0.4) is 0 Å². The standard InChI is InChI=1S/C12H21N3O4/c1-10(16)14-5-7-15(8-6-14)11(17)9-13-4-2-3-12(18)19/h13H,2-9H2,1H3,(H,18,19). The summed E-state index contributed by atoms with van der Waals surface area (Å²) < 4.78 is 0. The number of nitrogens with zero attached hydrogens (tertiary/aromatic N) is 2. The van der Waals surface area contributed by atoms with Crippen LogP contribution in [0.15, 0.2) is 0 Å². The maximum atomic E-state index is 11.8. The lowest BCUT2D eigenvalue weighted by molar-refractivity contribution is -0.137. The molecule has 1 fully saturated rings. The van der Waals surface area contributed by atoms with E-state index in [2.05, 4.69) is 5.32 Å². The molecule has 2 N–H and O–H groups in total. The van der Waals surface area contributed by atoms with Gasteiger partial charge in [-0.1, -0.05) is 0 Å². The number of carboxylic acid groups (broad SMARTS) is 1. The number of hydrogen-bond donors (Lipinski definition) is 2. The maximum absolute atomic E-state index is 11.8. The Kier molecular flexibility index (Phi) is 6.27. The van der Waals surface area contributed by atoms with E-state index in [1.54, 1.807) is 9.80 Å². The molecule has 0 aromatic heterocycles. The molecule has 19 heavy (non-hydrogen) atoms. The van der Waals surface area contributed by atoms with E-state index in [9.17, 15) is 14.4 Å². The monoisotopic (exact) mass is 271 g/mol. The number of carbonyl (C=O) groups excluding carboxylic acids is 2. The zero-order valence-corrected chi connectivity index (χ0v) is 11.2. The molecule has 0 atom stereocenters. The lowest BCUT2D eigenvalue weighted by atomic mass is 10.3. The third-order valence-corrected chi connectivity index (χ3v) is 3.10. The second kappa shape index (κ2) is 7.73. The first-order valence-corrected chi connectivity index (χ1v) is 6.46. The van der Waals surface area contributed by atoms with E-state index in [4.69, 9.17) is 5.11 Å². The van der Waals surface area contributed by atoms with E-state index in [0.717, 1.165) is 0 Å². The summed E-state index contributed by atoms with van der Waals surface area (Å²) in [5.74, 6) is -0.786. The lowest BCUT2D eigenvalue weighted by Gasteiger charge is -2.34. The van der Waals surface area contributed by atoms with Crippen LogP contribution in [0.25, 0.3) is 0 Å². The molecule has 1 rings (SSSR count). The van der Waals surface area contributed by atoms with Crippen LogP contribution in [-0.2, 0) is 14.4 Å². The molecule has 0 unspecified atom stereocenters. The van der Waals surface area contributed by atoms with Gasteiger partial charge in [0, 0.05) is 39.5 Å². The maximum Gasteiger partial charge on any atom is 0.303 e. The van der Waals surface area contributed by atoms with E-state index in [-0.39, 0.29) is 24.8 Å². The zero-order valence-electron chi connectivity index (χ0n) is 11.2. The Morgan fingerprint density at radius 3 is 2.21 bits per heavy atom. The van der Waals surface area contributed by atoms with Gasteiger partial charge in [0.1, 0.15) is 0 Å². The van der Waals surface area contributed by atoms with Crippen molar-refractivity contribution in [1.29, 1.82) is 0 Å². The van der Waals surface area contributed by atoms with Gasteiger partial charge in [-0.05, 0) is 13.0 Å². The van der Waals surface area contributed by atoms with Crippen molar-refractivity contribution in [3.05, 3.63) is 0 Å². The number of rotatable bonds is 6. The summed E-state index contributed by atoms with van der Waals surface area (Å²) in [6, 6.07) is 0. The molecule has 0 saturated carbocycles. The molecule has 7 heteroatoms. The fourth-order valence-electron chi connectivity index (χ4n) is 1.94. The Hall–Kier alpha value is -1.63. The van der Waals surface area contributed by atoms with Crippen LogP contribution in [0.2, 0.25) is 0 Å². The minimum absolute atomic E-state index is 0.00136. The smallest absolute Gasteiger partial charge is 0.303 e. The van der Waals surface area contributed by atoms with Crippen molar-refractivity contribution in [3.8, 4) is 0 Å². The number of hydrogen-bond acceptors (Lipinski definition) is 4. The first kappa shape index (κ1) is 15.4. The van der Waals surface area contributed by atoms with Gasteiger partial charge in [0.25, 0.3) is 0 Å². The summed E-state index contributed by atoms with van der Waals surface area (Å²) in [6.07, 6.45) is 0.624. The Morgan fingerprint density at radius 2 is 1.68 bits per heavy atom. The number of amides is 2. The molecule has 7 nitrogen and oxygen atoms in total. The quantitative estimate of drug-likeness (QED) is 0.613. The molecule has 1 saturated heterocycles. The predicted octanol–water partition coefficient (Wildman–Crippen LogP) is -0.868. The summed E-state index contributed by atoms with van der Waals surface area (Å²) in [5, 5.41) is 11.4. The minimum atomic E-state index is -0.825. The van der Waals surface area contributed by atoms with Crippen molar-refractivity contribution < 1.29 is 19.5 Å². The summed E-state index contributed by atoms with van der Waals surface area (Å²) in [4.78, 5) is 36.7. The van der Waals surface area contributed by atoms with Gasteiger partial charge in [0.05, 0.1) is 6.54 Å². The van der Waals surface area contributed by atoms with Gasteiger partial charge in [-0.25, -0.2) is 0 Å². The molecule has 2 amide bonds. The minimum Gasteiger partial charge on any atom is -0.481 e. The number of piperazine rings is 1. The SMILES string of the molecule is CC(=O)N1CCN(C(=O)CNCCCC(=O)O)CC1. The van der Waals surface area contributed by atoms with Crippen LogP contribution in [0.1, 0.15) is 19.8 Å². The highest BCUT2D eigenvalue weighted by Crippen LogP contribution is 2.02. The summed E-state index contributed by atoms with van der Waals surface area (Å²) in [5.41, 5.74) is 0. The van der Waals surface area contributed by atoms with Crippen LogP contribution in [0, 0.1) is 0 Å². The van der Waals surface area contributed by atoms with E-state index in [1.165, 1.54) is 6.92 Å². The predicted molar refractivity (Wildman–Crippen MR) is 68.6 cm³/mol. The topological polar surface area (TPSA) is 90.0 Å². The lowest BCUT2D eigenvalue weighted by Crippen LogP contribution is -2.51.